The van der Waals surface area contributed by atoms with E-state index in [4.69, 9.17) is 18.9 Å². The highest BCUT2D eigenvalue weighted by molar-refractivity contribution is 4.39. The van der Waals surface area contributed by atoms with Crippen molar-refractivity contribution >= 4 is 0 Å². The summed E-state index contributed by atoms with van der Waals surface area (Å²) in [7, 11) is 1.67. The third kappa shape index (κ3) is 9.66. The van der Waals surface area contributed by atoms with E-state index in [0.717, 1.165) is 17.6 Å². The zero-order valence-electron chi connectivity index (χ0n) is 13.9. The summed E-state index contributed by atoms with van der Waals surface area (Å²) in [5, 5.41) is 0. The van der Waals surface area contributed by atoms with Gasteiger partial charge in [-0.05, 0) is 20.8 Å². The lowest BCUT2D eigenvalue weighted by molar-refractivity contribution is -0.923. The number of hydrogen-bond acceptors (Lipinski definition) is 4. The number of likely N-dealkylation sites (N-methyl/N-ethyl adjacent to an activating group) is 1. The van der Waals surface area contributed by atoms with Gasteiger partial charge in [-0.15, -0.1) is 0 Å². The van der Waals surface area contributed by atoms with Crippen LogP contribution in [0.2, 0.25) is 0 Å². The number of hydrogen-bond donors (Lipinski definition) is 0. The van der Waals surface area contributed by atoms with E-state index in [2.05, 4.69) is 20.8 Å². The van der Waals surface area contributed by atoms with Gasteiger partial charge in [0.1, 0.15) is 6.54 Å². The normalized spacial score (nSPS) is 12.0. The van der Waals surface area contributed by atoms with Crippen molar-refractivity contribution in [2.75, 3.05) is 79.5 Å². The maximum absolute atomic E-state index is 5.64. The van der Waals surface area contributed by atoms with Crippen molar-refractivity contribution < 1.29 is 23.4 Å². The molecule has 5 heteroatoms. The van der Waals surface area contributed by atoms with E-state index < -0.39 is 0 Å². The number of ether oxygens (including phenoxy) is 4. The van der Waals surface area contributed by atoms with Gasteiger partial charge in [-0.3, -0.25) is 0 Å². The van der Waals surface area contributed by atoms with Gasteiger partial charge < -0.3 is 23.4 Å². The zero-order valence-corrected chi connectivity index (χ0v) is 13.9. The van der Waals surface area contributed by atoms with Gasteiger partial charge in [0.2, 0.25) is 0 Å². The lowest BCUT2D eigenvalue weighted by Gasteiger charge is -2.35. The molecule has 0 aromatic rings. The molecule has 0 rings (SSSR count). The Morgan fingerprint density at radius 2 is 1.00 bits per heavy atom. The molecule has 0 aromatic carbocycles. The molecule has 0 saturated heterocycles. The highest BCUT2D eigenvalue weighted by Crippen LogP contribution is 2.04. The van der Waals surface area contributed by atoms with Gasteiger partial charge in [-0.2, -0.15) is 0 Å². The Bertz CT molecular complexity index is 190. The van der Waals surface area contributed by atoms with E-state index in [-0.39, 0.29) is 0 Å². The SMILES string of the molecule is CC[N+](CC)(CC)CCOCCOCCOCCOC. The molecule has 0 radical (unpaired) electrons. The molecule has 0 aliphatic heterocycles. The molecule has 0 fully saturated rings. The fourth-order valence-corrected chi connectivity index (χ4v) is 2.09. The number of quaternary nitrogens is 1. The van der Waals surface area contributed by atoms with Gasteiger partial charge in [0.05, 0.1) is 65.9 Å². The third-order valence-corrected chi connectivity index (χ3v) is 3.90. The van der Waals surface area contributed by atoms with Crippen LogP contribution in [0.3, 0.4) is 0 Å². The average Bonchev–Trinajstić information content (AvgIpc) is 2.49. The van der Waals surface area contributed by atoms with Crippen LogP contribution in [0.5, 0.6) is 0 Å². The Hall–Kier alpha value is -0.200. The number of methoxy groups -OCH3 is 1. The first-order valence-corrected chi connectivity index (χ1v) is 7.82. The van der Waals surface area contributed by atoms with E-state index in [1.165, 1.54) is 19.6 Å². The van der Waals surface area contributed by atoms with E-state index >= 15 is 0 Å². The third-order valence-electron chi connectivity index (χ3n) is 3.90. The molecule has 0 atom stereocenters. The molecule has 20 heavy (non-hydrogen) atoms. The molecule has 0 bridgehead atoms. The molecular weight excluding hydrogens is 258 g/mol. The van der Waals surface area contributed by atoms with Gasteiger partial charge >= 0.3 is 0 Å². The number of nitrogens with zero attached hydrogens (tertiary/aromatic N) is 1. The first kappa shape index (κ1) is 19.8. The van der Waals surface area contributed by atoms with Crippen molar-refractivity contribution in [2.45, 2.75) is 20.8 Å². The summed E-state index contributed by atoms with van der Waals surface area (Å²) >= 11 is 0. The highest BCUT2D eigenvalue weighted by atomic mass is 16.6. The minimum Gasteiger partial charge on any atom is -0.382 e. The topological polar surface area (TPSA) is 36.9 Å². The van der Waals surface area contributed by atoms with E-state index in [0.29, 0.717) is 39.6 Å². The number of rotatable bonds is 15. The van der Waals surface area contributed by atoms with Crippen LogP contribution in [0.15, 0.2) is 0 Å². The van der Waals surface area contributed by atoms with E-state index in [1.807, 2.05) is 0 Å². The van der Waals surface area contributed by atoms with Gasteiger partial charge in [0, 0.05) is 7.11 Å². The van der Waals surface area contributed by atoms with Gasteiger partial charge in [0.15, 0.2) is 0 Å². The smallest absolute Gasteiger partial charge is 0.102 e. The van der Waals surface area contributed by atoms with E-state index in [9.17, 15) is 0 Å². The fraction of sp³-hybridized carbons (Fsp3) is 1.00. The van der Waals surface area contributed by atoms with Crippen molar-refractivity contribution in [3.8, 4) is 0 Å². The Kier molecular flexibility index (Phi) is 13.6. The minimum absolute atomic E-state index is 0.616. The molecule has 0 saturated carbocycles. The summed E-state index contributed by atoms with van der Waals surface area (Å²) in [6.45, 7) is 16.0. The van der Waals surface area contributed by atoms with Crippen molar-refractivity contribution in [3.63, 3.8) is 0 Å². The second kappa shape index (κ2) is 13.8. The van der Waals surface area contributed by atoms with Crippen LogP contribution in [0, 0.1) is 0 Å². The monoisotopic (exact) mass is 292 g/mol. The summed E-state index contributed by atoms with van der Waals surface area (Å²) in [6.07, 6.45) is 0. The van der Waals surface area contributed by atoms with Crippen LogP contribution in [0.4, 0.5) is 0 Å². The predicted molar refractivity (Wildman–Crippen MR) is 81.1 cm³/mol. The Morgan fingerprint density at radius 3 is 1.40 bits per heavy atom. The quantitative estimate of drug-likeness (QED) is 0.339. The lowest BCUT2D eigenvalue weighted by atomic mass is 10.3. The summed E-state index contributed by atoms with van der Waals surface area (Å²) in [5.74, 6) is 0. The van der Waals surface area contributed by atoms with Gasteiger partial charge in [0.25, 0.3) is 0 Å². The maximum Gasteiger partial charge on any atom is 0.102 e. The standard InChI is InChI=1S/C15H34NO4/c1-5-16(6-2,7-3)8-9-18-12-13-20-15-14-19-11-10-17-4/h5-15H2,1-4H3/q+1. The van der Waals surface area contributed by atoms with Crippen LogP contribution in [0.25, 0.3) is 0 Å². The zero-order chi connectivity index (χ0) is 15.1. The molecule has 0 unspecified atom stereocenters. The Morgan fingerprint density at radius 1 is 0.600 bits per heavy atom. The molecule has 0 aliphatic carbocycles. The van der Waals surface area contributed by atoms with Crippen LogP contribution >= 0.6 is 0 Å². The first-order chi connectivity index (χ1) is 9.74. The van der Waals surface area contributed by atoms with Crippen molar-refractivity contribution in [2.24, 2.45) is 0 Å². The van der Waals surface area contributed by atoms with Crippen LogP contribution in [0.1, 0.15) is 20.8 Å². The molecule has 0 spiro atoms. The second-order valence-corrected chi connectivity index (χ2v) is 4.84. The van der Waals surface area contributed by atoms with Crippen molar-refractivity contribution in [1.82, 2.24) is 0 Å². The minimum atomic E-state index is 0.616. The van der Waals surface area contributed by atoms with Crippen LogP contribution in [-0.4, -0.2) is 84.0 Å². The summed E-state index contributed by atoms with van der Waals surface area (Å²) < 4.78 is 22.4. The molecular formula is C15H34NO4+. The Labute approximate surface area is 124 Å². The predicted octanol–water partition coefficient (Wildman–Crippen LogP) is 1.56. The highest BCUT2D eigenvalue weighted by Gasteiger charge is 2.19. The molecule has 0 N–H and O–H groups in total. The molecule has 0 amide bonds. The Balaban J connectivity index is 3.32. The van der Waals surface area contributed by atoms with Crippen molar-refractivity contribution in [1.29, 1.82) is 0 Å². The average molecular weight is 292 g/mol. The fourth-order valence-electron chi connectivity index (χ4n) is 2.09. The summed E-state index contributed by atoms with van der Waals surface area (Å²) in [5.41, 5.74) is 0. The lowest BCUT2D eigenvalue weighted by Crippen LogP contribution is -2.49. The van der Waals surface area contributed by atoms with E-state index in [1.54, 1.807) is 7.11 Å². The second-order valence-electron chi connectivity index (χ2n) is 4.84. The molecule has 0 aliphatic rings. The van der Waals surface area contributed by atoms with Crippen molar-refractivity contribution in [3.05, 3.63) is 0 Å². The van der Waals surface area contributed by atoms with Gasteiger partial charge in [-0.25, -0.2) is 0 Å². The molecule has 5 nitrogen and oxygen atoms in total. The largest absolute Gasteiger partial charge is 0.382 e. The molecule has 0 aromatic heterocycles. The van der Waals surface area contributed by atoms with Crippen LogP contribution in [-0.2, 0) is 18.9 Å². The maximum atomic E-state index is 5.64. The molecule has 0 heterocycles. The summed E-state index contributed by atoms with van der Waals surface area (Å²) in [4.78, 5) is 0. The summed E-state index contributed by atoms with van der Waals surface area (Å²) in [6, 6.07) is 0. The first-order valence-electron chi connectivity index (χ1n) is 7.82. The van der Waals surface area contributed by atoms with Crippen LogP contribution < -0.4 is 0 Å². The van der Waals surface area contributed by atoms with Gasteiger partial charge in [-0.1, -0.05) is 0 Å². The molecule has 122 valence electrons.